The fourth-order valence-electron chi connectivity index (χ4n) is 1.08. The van der Waals surface area contributed by atoms with Gasteiger partial charge in [-0.15, -0.1) is 5.10 Å². The molecular weight excluding hydrogens is 284 g/mol. The van der Waals surface area contributed by atoms with E-state index in [1.807, 2.05) is 0 Å². The van der Waals surface area contributed by atoms with Crippen LogP contribution in [0.5, 0.6) is 0 Å². The van der Waals surface area contributed by atoms with E-state index < -0.39 is 21.7 Å². The standard InChI is InChI=1S/C7H12N4O5S2/c1-18(15,16)8-2-3-11-6(14)9-10-7(11)17-4-5(12)13/h8H,2-4H2,1H3,(H,9,14)(H,12,13). The molecule has 0 spiro atoms. The Bertz CT molecular complexity index is 575. The molecule has 0 bridgehead atoms. The van der Waals surface area contributed by atoms with Crippen molar-refractivity contribution >= 4 is 27.8 Å². The van der Waals surface area contributed by atoms with Crippen molar-refractivity contribution in [3.63, 3.8) is 0 Å². The maximum Gasteiger partial charge on any atom is 0.344 e. The van der Waals surface area contributed by atoms with Crippen molar-refractivity contribution in [2.24, 2.45) is 0 Å². The number of carboxylic acid groups (broad SMARTS) is 1. The van der Waals surface area contributed by atoms with Crippen molar-refractivity contribution in [3.8, 4) is 0 Å². The van der Waals surface area contributed by atoms with Gasteiger partial charge < -0.3 is 5.11 Å². The molecule has 0 radical (unpaired) electrons. The molecule has 102 valence electrons. The lowest BCUT2D eigenvalue weighted by Crippen LogP contribution is -2.29. The minimum absolute atomic E-state index is 0.0267. The van der Waals surface area contributed by atoms with Gasteiger partial charge in [-0.3, -0.25) is 9.36 Å². The van der Waals surface area contributed by atoms with Crippen molar-refractivity contribution < 1.29 is 18.3 Å². The van der Waals surface area contributed by atoms with E-state index in [1.54, 1.807) is 0 Å². The molecule has 1 aromatic heterocycles. The van der Waals surface area contributed by atoms with Gasteiger partial charge in [0.05, 0.1) is 12.0 Å². The Hall–Kier alpha value is -1.33. The summed E-state index contributed by atoms with van der Waals surface area (Å²) in [6, 6.07) is 0. The van der Waals surface area contributed by atoms with Gasteiger partial charge in [0, 0.05) is 13.1 Å². The highest BCUT2D eigenvalue weighted by molar-refractivity contribution is 7.99. The summed E-state index contributed by atoms with van der Waals surface area (Å²) in [5.41, 5.74) is -0.516. The number of rotatable bonds is 7. The molecule has 0 atom stereocenters. The topological polar surface area (TPSA) is 134 Å². The van der Waals surface area contributed by atoms with E-state index >= 15 is 0 Å². The van der Waals surface area contributed by atoms with Crippen molar-refractivity contribution in [1.82, 2.24) is 19.5 Å². The fraction of sp³-hybridized carbons (Fsp3) is 0.571. The van der Waals surface area contributed by atoms with Gasteiger partial charge in [-0.25, -0.2) is 23.0 Å². The van der Waals surface area contributed by atoms with Crippen molar-refractivity contribution in [1.29, 1.82) is 0 Å². The van der Waals surface area contributed by atoms with Crippen molar-refractivity contribution in [2.45, 2.75) is 11.7 Å². The van der Waals surface area contributed by atoms with Gasteiger partial charge in [-0.05, 0) is 0 Å². The molecule has 0 saturated heterocycles. The number of H-pyrrole nitrogens is 1. The third kappa shape index (κ3) is 4.89. The molecule has 9 nitrogen and oxygen atoms in total. The molecule has 0 amide bonds. The first kappa shape index (κ1) is 14.7. The van der Waals surface area contributed by atoms with Crippen LogP contribution in [0.1, 0.15) is 0 Å². The number of aliphatic carboxylic acids is 1. The number of hydrogen-bond acceptors (Lipinski definition) is 6. The van der Waals surface area contributed by atoms with Crippen molar-refractivity contribution in [3.05, 3.63) is 10.5 Å². The molecule has 0 aliphatic heterocycles. The molecule has 0 aliphatic carbocycles. The Morgan fingerprint density at radius 1 is 1.61 bits per heavy atom. The first-order valence-corrected chi connectivity index (χ1v) is 7.62. The van der Waals surface area contributed by atoms with Crippen LogP contribution in [-0.4, -0.2) is 52.8 Å². The number of sulfonamides is 1. The SMILES string of the molecule is CS(=O)(=O)NCCn1c(SCC(=O)O)n[nH]c1=O. The molecule has 0 aromatic carbocycles. The molecule has 1 heterocycles. The predicted octanol–water partition coefficient (Wildman–Crippen LogP) is -1.70. The summed E-state index contributed by atoms with van der Waals surface area (Å²) in [6.07, 6.45) is 1.01. The van der Waals surface area contributed by atoms with Crippen LogP contribution >= 0.6 is 11.8 Å². The number of nitrogens with zero attached hydrogens (tertiary/aromatic N) is 2. The lowest BCUT2D eigenvalue weighted by molar-refractivity contribution is -0.133. The molecule has 0 saturated carbocycles. The smallest absolute Gasteiger partial charge is 0.344 e. The van der Waals surface area contributed by atoms with Gasteiger partial charge in [0.2, 0.25) is 10.0 Å². The van der Waals surface area contributed by atoms with Crippen LogP contribution in [0.15, 0.2) is 9.95 Å². The number of carbonyl (C=O) groups is 1. The van der Waals surface area contributed by atoms with Crippen LogP contribution < -0.4 is 10.4 Å². The summed E-state index contributed by atoms with van der Waals surface area (Å²) < 4.78 is 25.1. The molecule has 11 heteroatoms. The summed E-state index contributed by atoms with van der Waals surface area (Å²) in [4.78, 5) is 21.7. The van der Waals surface area contributed by atoms with Crippen LogP contribution in [-0.2, 0) is 21.4 Å². The zero-order chi connectivity index (χ0) is 13.8. The van der Waals surface area contributed by atoms with E-state index in [0.29, 0.717) is 0 Å². The molecule has 0 unspecified atom stereocenters. The number of thioether (sulfide) groups is 1. The Balaban J connectivity index is 2.66. The second-order valence-electron chi connectivity index (χ2n) is 3.31. The minimum atomic E-state index is -3.33. The van der Waals surface area contributed by atoms with Gasteiger partial charge in [-0.2, -0.15) is 0 Å². The van der Waals surface area contributed by atoms with Crippen molar-refractivity contribution in [2.75, 3.05) is 18.6 Å². The van der Waals surface area contributed by atoms with E-state index in [0.717, 1.165) is 18.0 Å². The van der Waals surface area contributed by atoms with E-state index in [2.05, 4.69) is 14.9 Å². The third-order valence-electron chi connectivity index (χ3n) is 1.75. The zero-order valence-electron chi connectivity index (χ0n) is 9.41. The zero-order valence-corrected chi connectivity index (χ0v) is 11.0. The minimum Gasteiger partial charge on any atom is -0.481 e. The fourth-order valence-corrected chi connectivity index (χ4v) is 2.23. The van der Waals surface area contributed by atoms with Crippen LogP contribution in [0.4, 0.5) is 0 Å². The number of nitrogens with one attached hydrogen (secondary N) is 2. The molecule has 1 aromatic rings. The van der Waals surface area contributed by atoms with E-state index in [1.165, 1.54) is 4.57 Å². The number of carboxylic acids is 1. The summed E-state index contributed by atoms with van der Waals surface area (Å²) in [5, 5.41) is 14.5. The number of aromatic nitrogens is 3. The normalized spacial score (nSPS) is 11.6. The molecule has 1 rings (SSSR count). The summed E-state index contributed by atoms with van der Waals surface area (Å²) in [5.74, 6) is -1.26. The third-order valence-corrected chi connectivity index (χ3v) is 3.44. The van der Waals surface area contributed by atoms with Crippen LogP contribution in [0, 0.1) is 0 Å². The highest BCUT2D eigenvalue weighted by atomic mass is 32.2. The Kier molecular flexibility index (Phi) is 4.93. The van der Waals surface area contributed by atoms with E-state index in [-0.39, 0.29) is 24.0 Å². The van der Waals surface area contributed by atoms with E-state index in [9.17, 15) is 18.0 Å². The maximum atomic E-state index is 11.3. The van der Waals surface area contributed by atoms with Gasteiger partial charge in [-0.1, -0.05) is 11.8 Å². The van der Waals surface area contributed by atoms with Crippen LogP contribution in [0.2, 0.25) is 0 Å². The highest BCUT2D eigenvalue weighted by Crippen LogP contribution is 2.11. The molecular formula is C7H12N4O5S2. The second kappa shape index (κ2) is 6.02. The van der Waals surface area contributed by atoms with E-state index in [4.69, 9.17) is 5.11 Å². The first-order valence-electron chi connectivity index (χ1n) is 4.74. The number of aromatic amines is 1. The molecule has 0 fully saturated rings. The average molecular weight is 296 g/mol. The van der Waals surface area contributed by atoms with Gasteiger partial charge in [0.25, 0.3) is 0 Å². The molecule has 3 N–H and O–H groups in total. The van der Waals surface area contributed by atoms with Crippen LogP contribution in [0.25, 0.3) is 0 Å². The first-order chi connectivity index (χ1) is 8.29. The lowest BCUT2D eigenvalue weighted by Gasteiger charge is -2.04. The van der Waals surface area contributed by atoms with Gasteiger partial charge in [0.15, 0.2) is 5.16 Å². The highest BCUT2D eigenvalue weighted by Gasteiger charge is 2.11. The summed E-state index contributed by atoms with van der Waals surface area (Å²) in [7, 11) is -3.33. The van der Waals surface area contributed by atoms with Crippen LogP contribution in [0.3, 0.4) is 0 Å². The predicted molar refractivity (Wildman–Crippen MR) is 64.1 cm³/mol. The monoisotopic (exact) mass is 296 g/mol. The Morgan fingerprint density at radius 3 is 2.83 bits per heavy atom. The Morgan fingerprint density at radius 2 is 2.28 bits per heavy atom. The van der Waals surface area contributed by atoms with Gasteiger partial charge >= 0.3 is 11.7 Å². The largest absolute Gasteiger partial charge is 0.481 e. The Labute approximate surface area is 107 Å². The quantitative estimate of drug-likeness (QED) is 0.510. The number of hydrogen-bond donors (Lipinski definition) is 3. The molecule has 18 heavy (non-hydrogen) atoms. The lowest BCUT2D eigenvalue weighted by atomic mass is 10.6. The summed E-state index contributed by atoms with van der Waals surface area (Å²) in [6.45, 7) is 0.100. The molecule has 0 aliphatic rings. The average Bonchev–Trinajstić information content (AvgIpc) is 2.56. The maximum absolute atomic E-state index is 11.3. The second-order valence-corrected chi connectivity index (χ2v) is 6.09. The van der Waals surface area contributed by atoms with Gasteiger partial charge in [0.1, 0.15) is 0 Å². The summed E-state index contributed by atoms with van der Waals surface area (Å²) >= 11 is 0.878.